The summed E-state index contributed by atoms with van der Waals surface area (Å²) < 4.78 is 5.60. The van der Waals surface area contributed by atoms with Crippen molar-refractivity contribution in [1.82, 2.24) is 5.48 Å². The Kier molecular flexibility index (Phi) is 6.17. The van der Waals surface area contributed by atoms with Crippen molar-refractivity contribution in [2.75, 3.05) is 6.61 Å². The van der Waals surface area contributed by atoms with Crippen LogP contribution in [-0.4, -0.2) is 23.5 Å². The Morgan fingerprint density at radius 2 is 1.56 bits per heavy atom. The molecule has 2 rings (SSSR count). The van der Waals surface area contributed by atoms with Gasteiger partial charge in [-0.05, 0) is 55.0 Å². The minimum Gasteiger partial charge on any atom is -0.494 e. The maximum atomic E-state index is 12.4. The Labute approximate surface area is 151 Å². The highest BCUT2D eigenvalue weighted by Crippen LogP contribution is 2.22. The molecule has 0 aromatic heterocycles. The number of ketones is 1. The summed E-state index contributed by atoms with van der Waals surface area (Å²) in [5.74, 6) is 0.0526. The molecule has 0 saturated carbocycles. The molecule has 0 atom stereocenters. The molecule has 2 aromatic carbocycles. The summed E-state index contributed by atoms with van der Waals surface area (Å²) in [6, 6.07) is 13.5. The van der Waals surface area contributed by atoms with E-state index in [-0.39, 0.29) is 5.78 Å². The van der Waals surface area contributed by atoms with Gasteiger partial charge in [0.15, 0.2) is 5.78 Å². The molecule has 0 fully saturated rings. The van der Waals surface area contributed by atoms with Crippen LogP contribution < -0.4 is 10.2 Å². The summed E-state index contributed by atoms with van der Waals surface area (Å²) in [7, 11) is 0. The SMILES string of the molecule is CC(C)(CCOc1ccc(C(=O)c2ccc(Cl)cc2)cc1)C(=O)NO. The minimum atomic E-state index is -0.737. The molecule has 2 aromatic rings. The number of ether oxygens (including phenoxy) is 1. The van der Waals surface area contributed by atoms with E-state index in [9.17, 15) is 9.59 Å². The van der Waals surface area contributed by atoms with Crippen LogP contribution in [0.4, 0.5) is 0 Å². The highest BCUT2D eigenvalue weighted by atomic mass is 35.5. The predicted molar refractivity (Wildman–Crippen MR) is 95.1 cm³/mol. The van der Waals surface area contributed by atoms with Gasteiger partial charge in [-0.2, -0.15) is 0 Å². The predicted octanol–water partition coefficient (Wildman–Crippen LogP) is 3.87. The van der Waals surface area contributed by atoms with Crippen LogP contribution in [0.5, 0.6) is 5.75 Å². The molecule has 25 heavy (non-hydrogen) atoms. The molecule has 5 nitrogen and oxygen atoms in total. The number of halogens is 1. The van der Waals surface area contributed by atoms with E-state index in [1.54, 1.807) is 67.9 Å². The lowest BCUT2D eigenvalue weighted by Crippen LogP contribution is -2.36. The van der Waals surface area contributed by atoms with Crippen molar-refractivity contribution in [1.29, 1.82) is 0 Å². The van der Waals surface area contributed by atoms with Crippen molar-refractivity contribution in [2.45, 2.75) is 20.3 Å². The first-order valence-corrected chi connectivity index (χ1v) is 8.19. The number of amides is 1. The summed E-state index contributed by atoms with van der Waals surface area (Å²) in [5.41, 5.74) is 2.03. The van der Waals surface area contributed by atoms with Crippen LogP contribution >= 0.6 is 11.6 Å². The average Bonchev–Trinajstić information content (AvgIpc) is 2.61. The van der Waals surface area contributed by atoms with E-state index in [4.69, 9.17) is 21.5 Å². The van der Waals surface area contributed by atoms with Crippen molar-refractivity contribution in [3.63, 3.8) is 0 Å². The van der Waals surface area contributed by atoms with E-state index < -0.39 is 11.3 Å². The molecule has 0 radical (unpaired) electrons. The quantitative estimate of drug-likeness (QED) is 0.446. The summed E-state index contributed by atoms with van der Waals surface area (Å²) in [4.78, 5) is 23.9. The van der Waals surface area contributed by atoms with Crippen LogP contribution in [0, 0.1) is 5.41 Å². The van der Waals surface area contributed by atoms with Gasteiger partial charge in [-0.15, -0.1) is 0 Å². The van der Waals surface area contributed by atoms with Crippen LogP contribution in [-0.2, 0) is 4.79 Å². The first-order valence-electron chi connectivity index (χ1n) is 7.81. The smallest absolute Gasteiger partial charge is 0.249 e. The lowest BCUT2D eigenvalue weighted by atomic mass is 9.89. The number of benzene rings is 2. The van der Waals surface area contributed by atoms with Crippen LogP contribution in [0.25, 0.3) is 0 Å². The van der Waals surface area contributed by atoms with Crippen molar-refractivity contribution in [3.05, 3.63) is 64.7 Å². The van der Waals surface area contributed by atoms with Gasteiger partial charge in [0.1, 0.15) is 5.75 Å². The van der Waals surface area contributed by atoms with Gasteiger partial charge in [0.2, 0.25) is 5.91 Å². The monoisotopic (exact) mass is 361 g/mol. The van der Waals surface area contributed by atoms with E-state index in [0.717, 1.165) is 0 Å². The van der Waals surface area contributed by atoms with Gasteiger partial charge >= 0.3 is 0 Å². The standard InChI is InChI=1S/C19H20ClNO4/c1-19(2,18(23)21-24)11-12-25-16-9-5-14(6-10-16)17(22)13-3-7-15(20)8-4-13/h3-10,24H,11-12H2,1-2H3,(H,21,23). The van der Waals surface area contributed by atoms with Crippen molar-refractivity contribution in [3.8, 4) is 5.75 Å². The topological polar surface area (TPSA) is 75.6 Å². The second-order valence-corrected chi connectivity index (χ2v) is 6.72. The zero-order valence-corrected chi connectivity index (χ0v) is 14.8. The highest BCUT2D eigenvalue weighted by Gasteiger charge is 2.27. The number of carbonyl (C=O) groups excluding carboxylic acids is 2. The molecule has 0 saturated heterocycles. The van der Waals surface area contributed by atoms with Gasteiger partial charge in [-0.25, -0.2) is 5.48 Å². The number of hydrogen-bond donors (Lipinski definition) is 2. The van der Waals surface area contributed by atoms with Crippen molar-refractivity contribution in [2.24, 2.45) is 5.41 Å². The maximum absolute atomic E-state index is 12.4. The fourth-order valence-corrected chi connectivity index (χ4v) is 2.29. The van der Waals surface area contributed by atoms with Gasteiger partial charge in [0.05, 0.1) is 6.61 Å². The third-order valence-electron chi connectivity index (χ3n) is 3.93. The Balaban J connectivity index is 1.95. The van der Waals surface area contributed by atoms with E-state index >= 15 is 0 Å². The third kappa shape index (κ3) is 5.05. The Morgan fingerprint density at radius 1 is 1.04 bits per heavy atom. The lowest BCUT2D eigenvalue weighted by Gasteiger charge is -2.21. The number of rotatable bonds is 7. The normalized spacial score (nSPS) is 11.0. The first kappa shape index (κ1) is 19.0. The maximum Gasteiger partial charge on any atom is 0.249 e. The zero-order valence-electron chi connectivity index (χ0n) is 14.1. The van der Waals surface area contributed by atoms with Crippen molar-refractivity contribution >= 4 is 23.3 Å². The third-order valence-corrected chi connectivity index (χ3v) is 4.19. The summed E-state index contributed by atoms with van der Waals surface area (Å²) in [6.07, 6.45) is 0.435. The number of nitrogens with one attached hydrogen (secondary N) is 1. The Hall–Kier alpha value is -2.37. The summed E-state index contributed by atoms with van der Waals surface area (Å²) >= 11 is 5.83. The molecule has 0 heterocycles. The molecule has 0 aliphatic carbocycles. The van der Waals surface area contributed by atoms with Gasteiger partial charge in [0.25, 0.3) is 0 Å². The number of hydrogen-bond acceptors (Lipinski definition) is 4. The number of hydroxylamine groups is 1. The lowest BCUT2D eigenvalue weighted by molar-refractivity contribution is -0.138. The fourth-order valence-electron chi connectivity index (χ4n) is 2.16. The summed E-state index contributed by atoms with van der Waals surface area (Å²) in [6.45, 7) is 3.75. The van der Waals surface area contributed by atoms with Gasteiger partial charge in [0, 0.05) is 21.6 Å². The molecular weight excluding hydrogens is 342 g/mol. The average molecular weight is 362 g/mol. The van der Waals surface area contributed by atoms with E-state index in [1.807, 2.05) is 0 Å². The van der Waals surface area contributed by atoms with Gasteiger partial charge in [-0.3, -0.25) is 14.8 Å². The largest absolute Gasteiger partial charge is 0.494 e. The Bertz CT molecular complexity index is 739. The molecule has 0 unspecified atom stereocenters. The summed E-state index contributed by atoms with van der Waals surface area (Å²) in [5, 5.41) is 9.28. The molecule has 1 amide bonds. The van der Waals surface area contributed by atoms with Crippen LogP contribution in [0.15, 0.2) is 48.5 Å². The second-order valence-electron chi connectivity index (χ2n) is 6.28. The van der Waals surface area contributed by atoms with Crippen LogP contribution in [0.1, 0.15) is 36.2 Å². The zero-order chi connectivity index (χ0) is 18.4. The first-order chi connectivity index (χ1) is 11.8. The molecule has 2 N–H and O–H groups in total. The van der Waals surface area contributed by atoms with Crippen LogP contribution in [0.2, 0.25) is 5.02 Å². The van der Waals surface area contributed by atoms with E-state index in [0.29, 0.717) is 34.9 Å². The van der Waals surface area contributed by atoms with Crippen molar-refractivity contribution < 1.29 is 19.5 Å². The Morgan fingerprint density at radius 3 is 2.08 bits per heavy atom. The molecule has 0 spiro atoms. The molecule has 0 bridgehead atoms. The molecular formula is C19H20ClNO4. The van der Waals surface area contributed by atoms with Gasteiger partial charge in [-0.1, -0.05) is 25.4 Å². The van der Waals surface area contributed by atoms with E-state index in [1.165, 1.54) is 0 Å². The molecule has 0 aliphatic heterocycles. The van der Waals surface area contributed by atoms with Gasteiger partial charge < -0.3 is 4.74 Å². The highest BCUT2D eigenvalue weighted by molar-refractivity contribution is 6.30. The van der Waals surface area contributed by atoms with E-state index in [2.05, 4.69) is 0 Å². The van der Waals surface area contributed by atoms with Crippen LogP contribution in [0.3, 0.4) is 0 Å². The molecule has 132 valence electrons. The number of carbonyl (C=O) groups is 2. The molecule has 0 aliphatic rings. The minimum absolute atomic E-state index is 0.0935. The second kappa shape index (κ2) is 8.14. The molecule has 6 heteroatoms. The fraction of sp³-hybridized carbons (Fsp3) is 0.263.